The smallest absolute Gasteiger partial charge is 0.246 e. The van der Waals surface area contributed by atoms with E-state index >= 15 is 0 Å². The number of amides is 2. The van der Waals surface area contributed by atoms with Crippen LogP contribution in [0.2, 0.25) is 0 Å². The van der Waals surface area contributed by atoms with Gasteiger partial charge in [-0.3, -0.25) is 9.59 Å². The second-order valence-corrected chi connectivity index (χ2v) is 11.2. The molecule has 1 saturated heterocycles. The monoisotopic (exact) mass is 515 g/mol. The average Bonchev–Trinajstić information content (AvgIpc) is 3.07. The lowest BCUT2D eigenvalue weighted by atomic mass is 9.85. The van der Waals surface area contributed by atoms with E-state index in [9.17, 15) is 9.59 Å². The van der Waals surface area contributed by atoms with Crippen LogP contribution in [0.1, 0.15) is 75.2 Å². The van der Waals surface area contributed by atoms with E-state index in [4.69, 9.17) is 9.47 Å². The van der Waals surface area contributed by atoms with Gasteiger partial charge in [-0.15, -0.1) is 0 Å². The van der Waals surface area contributed by atoms with Gasteiger partial charge in [-0.2, -0.15) is 0 Å². The van der Waals surface area contributed by atoms with Gasteiger partial charge in [0.25, 0.3) is 0 Å². The first kappa shape index (κ1) is 24.8. The molecule has 1 aromatic heterocycles. The number of rotatable bonds is 5. The molecule has 0 radical (unpaired) electrons. The first-order valence-electron chi connectivity index (χ1n) is 14.0. The predicted molar refractivity (Wildman–Crippen MR) is 146 cm³/mol. The van der Waals surface area contributed by atoms with Crippen LogP contribution in [-0.4, -0.2) is 58.4 Å². The number of fused-ring (bicyclic) bond motifs is 4. The van der Waals surface area contributed by atoms with Gasteiger partial charge in [0.1, 0.15) is 12.6 Å². The molecule has 1 N–H and O–H groups in total. The molecule has 3 aromatic rings. The van der Waals surface area contributed by atoms with Crippen molar-refractivity contribution < 1.29 is 19.1 Å². The summed E-state index contributed by atoms with van der Waals surface area (Å²) in [7, 11) is 1.63. The van der Waals surface area contributed by atoms with Crippen molar-refractivity contribution in [2.24, 2.45) is 0 Å². The number of H-pyrrole nitrogens is 1. The number of hydrogen-bond acceptors (Lipinski definition) is 4. The Labute approximate surface area is 224 Å². The minimum Gasteiger partial charge on any atom is -0.493 e. The quantitative estimate of drug-likeness (QED) is 0.464. The fourth-order valence-electron chi connectivity index (χ4n) is 6.72. The lowest BCUT2D eigenvalue weighted by Gasteiger charge is -2.48. The van der Waals surface area contributed by atoms with Crippen molar-refractivity contribution in [1.82, 2.24) is 14.8 Å². The highest BCUT2D eigenvalue weighted by Gasteiger charge is 2.49. The molecule has 7 nitrogen and oxygen atoms in total. The maximum absolute atomic E-state index is 14.1. The second kappa shape index (κ2) is 10.0. The van der Waals surface area contributed by atoms with Crippen LogP contribution in [0, 0.1) is 0 Å². The summed E-state index contributed by atoms with van der Waals surface area (Å²) in [5, 5.41) is 1.12. The highest BCUT2D eigenvalue weighted by molar-refractivity contribution is 5.98. The first-order valence-corrected chi connectivity index (χ1v) is 14.0. The van der Waals surface area contributed by atoms with Crippen LogP contribution >= 0.6 is 0 Å². The molecule has 3 aliphatic rings. The summed E-state index contributed by atoms with van der Waals surface area (Å²) in [5.74, 6) is 1.38. The Kier molecular flexibility index (Phi) is 6.54. The maximum Gasteiger partial charge on any atom is 0.246 e. The van der Waals surface area contributed by atoms with E-state index in [1.165, 1.54) is 12.8 Å². The molecule has 1 saturated carbocycles. The van der Waals surface area contributed by atoms with Gasteiger partial charge in [0.15, 0.2) is 11.5 Å². The molecule has 0 spiro atoms. The number of carbonyl (C=O) groups excluding carboxylic acids is 2. The zero-order valence-electron chi connectivity index (χ0n) is 22.5. The Morgan fingerprint density at radius 3 is 2.47 bits per heavy atom. The third-order valence-corrected chi connectivity index (χ3v) is 8.42. The number of nitrogens with zero attached hydrogens (tertiary/aromatic N) is 2. The fourth-order valence-corrected chi connectivity index (χ4v) is 6.72. The number of ether oxygens (including phenoxy) is 2. The molecule has 0 bridgehead atoms. The van der Waals surface area contributed by atoms with Crippen molar-refractivity contribution in [3.05, 3.63) is 59.3 Å². The Bertz CT molecular complexity index is 1350. The molecule has 200 valence electrons. The predicted octanol–water partition coefficient (Wildman–Crippen LogP) is 5.37. The molecule has 6 rings (SSSR count). The van der Waals surface area contributed by atoms with E-state index in [-0.39, 0.29) is 30.5 Å². The van der Waals surface area contributed by atoms with Crippen molar-refractivity contribution in [2.75, 3.05) is 13.7 Å². The van der Waals surface area contributed by atoms with E-state index < -0.39 is 12.1 Å². The van der Waals surface area contributed by atoms with Crippen LogP contribution < -0.4 is 9.47 Å². The molecule has 2 atom stereocenters. The fraction of sp³-hybridized carbons (Fsp3) is 0.484. The average molecular weight is 516 g/mol. The van der Waals surface area contributed by atoms with Gasteiger partial charge in [0.05, 0.1) is 19.3 Å². The molecule has 2 aliphatic heterocycles. The van der Waals surface area contributed by atoms with E-state index in [0.717, 1.165) is 53.4 Å². The van der Waals surface area contributed by atoms with Crippen molar-refractivity contribution in [3.8, 4) is 11.5 Å². The normalized spacial score (nSPS) is 22.4. The molecular formula is C31H37N3O4. The third-order valence-electron chi connectivity index (χ3n) is 8.42. The molecule has 2 aromatic carbocycles. The van der Waals surface area contributed by atoms with Crippen molar-refractivity contribution in [2.45, 2.75) is 83.0 Å². The van der Waals surface area contributed by atoms with Gasteiger partial charge >= 0.3 is 0 Å². The zero-order valence-corrected chi connectivity index (χ0v) is 22.5. The van der Waals surface area contributed by atoms with E-state index in [0.29, 0.717) is 17.9 Å². The van der Waals surface area contributed by atoms with E-state index in [1.54, 1.807) is 7.11 Å². The molecule has 7 heteroatoms. The van der Waals surface area contributed by atoms with Crippen LogP contribution in [0.25, 0.3) is 10.9 Å². The first-order chi connectivity index (χ1) is 18.5. The topological polar surface area (TPSA) is 74.9 Å². The number of para-hydroxylation sites is 1. The largest absolute Gasteiger partial charge is 0.493 e. The lowest BCUT2D eigenvalue weighted by Crippen LogP contribution is -2.64. The molecule has 2 amide bonds. The van der Waals surface area contributed by atoms with Gasteiger partial charge in [-0.25, -0.2) is 0 Å². The maximum atomic E-state index is 14.1. The number of aromatic amines is 1. The number of aromatic nitrogens is 1. The van der Waals surface area contributed by atoms with Crippen molar-refractivity contribution in [3.63, 3.8) is 0 Å². The molecule has 38 heavy (non-hydrogen) atoms. The highest BCUT2D eigenvalue weighted by Crippen LogP contribution is 2.44. The van der Waals surface area contributed by atoms with E-state index in [2.05, 4.69) is 17.1 Å². The minimum atomic E-state index is -0.520. The van der Waals surface area contributed by atoms with E-state index in [1.807, 2.05) is 54.0 Å². The highest BCUT2D eigenvalue weighted by atomic mass is 16.5. The summed E-state index contributed by atoms with van der Waals surface area (Å²) in [6, 6.07) is 13.3. The SMILES string of the molecule is COc1cc([C@H]2c3[nH]c4ccccc4c3C[C@H]3C(=O)N(C4CCCCCC4)CC(=O)N23)ccc1OC(C)C. The number of benzene rings is 2. The second-order valence-electron chi connectivity index (χ2n) is 11.2. The summed E-state index contributed by atoms with van der Waals surface area (Å²) < 4.78 is 11.7. The number of carbonyl (C=O) groups is 2. The van der Waals surface area contributed by atoms with Crippen molar-refractivity contribution in [1.29, 1.82) is 0 Å². The van der Waals surface area contributed by atoms with Crippen LogP contribution in [0.15, 0.2) is 42.5 Å². The number of piperazine rings is 1. The Hall–Kier alpha value is -3.48. The molecule has 3 heterocycles. The standard InChI is InChI=1S/C31H37N3O4/c1-19(2)38-26-15-14-20(16-27(26)37-3)30-29-23(22-12-8-9-13-24(22)32-29)17-25-31(36)33(18-28(35)34(25)30)21-10-6-4-5-7-11-21/h8-9,12-16,19,21,25,30,32H,4-7,10-11,17-18H2,1-3H3/t25-,30-/m0/s1. The zero-order chi connectivity index (χ0) is 26.4. The van der Waals surface area contributed by atoms with Gasteiger partial charge in [0, 0.05) is 29.1 Å². The van der Waals surface area contributed by atoms with Gasteiger partial charge in [-0.05, 0) is 56.0 Å². The van der Waals surface area contributed by atoms with Gasteiger partial charge in [0.2, 0.25) is 11.8 Å². The minimum absolute atomic E-state index is 0.00499. The van der Waals surface area contributed by atoms with Crippen molar-refractivity contribution >= 4 is 22.7 Å². The third kappa shape index (κ3) is 4.22. The summed E-state index contributed by atoms with van der Waals surface area (Å²) >= 11 is 0. The molecular weight excluding hydrogens is 478 g/mol. The molecule has 0 unspecified atom stereocenters. The van der Waals surface area contributed by atoms with Crippen LogP contribution in [-0.2, 0) is 16.0 Å². The Balaban J connectivity index is 1.46. The van der Waals surface area contributed by atoms with Crippen LogP contribution in [0.5, 0.6) is 11.5 Å². The Morgan fingerprint density at radius 2 is 1.74 bits per heavy atom. The van der Waals surface area contributed by atoms with Crippen LogP contribution in [0.3, 0.4) is 0 Å². The lowest BCUT2D eigenvalue weighted by molar-refractivity contribution is -0.161. The van der Waals surface area contributed by atoms with Gasteiger partial charge in [-0.1, -0.05) is 49.9 Å². The summed E-state index contributed by atoms with van der Waals surface area (Å²) in [6.45, 7) is 4.11. The molecule has 1 aliphatic carbocycles. The number of nitrogens with one attached hydrogen (secondary N) is 1. The van der Waals surface area contributed by atoms with Gasteiger partial charge < -0.3 is 24.3 Å². The van der Waals surface area contributed by atoms with Crippen LogP contribution in [0.4, 0.5) is 0 Å². The number of hydrogen-bond donors (Lipinski definition) is 1. The molecule has 2 fully saturated rings. The summed E-state index contributed by atoms with van der Waals surface area (Å²) in [5.41, 5.74) is 4.03. The summed E-state index contributed by atoms with van der Waals surface area (Å²) in [6.07, 6.45) is 7.17. The summed E-state index contributed by atoms with van der Waals surface area (Å²) in [4.78, 5) is 35.4. The Morgan fingerprint density at radius 1 is 0.974 bits per heavy atom. The number of methoxy groups -OCH3 is 1.